The highest BCUT2D eigenvalue weighted by Gasteiger charge is 2.38. The predicted molar refractivity (Wildman–Crippen MR) is 91.3 cm³/mol. The Kier molecular flexibility index (Phi) is 5.05. The molecule has 1 aromatic heterocycles. The van der Waals surface area contributed by atoms with Crippen molar-refractivity contribution in [3.63, 3.8) is 0 Å². The maximum atomic E-state index is 12.8. The van der Waals surface area contributed by atoms with Crippen LogP contribution < -0.4 is 0 Å². The molecule has 2 aliphatic rings. The monoisotopic (exact) mass is 318 g/mol. The molecule has 3 heterocycles. The fraction of sp³-hybridized carbons (Fsp3) is 0.778. The number of carbonyl (C=O) groups is 1. The minimum absolute atomic E-state index is 0.308. The Morgan fingerprint density at radius 1 is 1.22 bits per heavy atom. The largest absolute Gasteiger partial charge is 0.338 e. The molecule has 2 fully saturated rings. The Morgan fingerprint density at radius 2 is 1.96 bits per heavy atom. The predicted octanol–water partition coefficient (Wildman–Crippen LogP) is 2.37. The summed E-state index contributed by atoms with van der Waals surface area (Å²) < 4.78 is 1.96. The number of rotatable bonds is 5. The van der Waals surface area contributed by atoms with Gasteiger partial charge in [-0.1, -0.05) is 6.92 Å². The SMILES string of the molecule is CCN1CCCC1C1CCCN1C(=O)CCn1nc(C)cc1C. The van der Waals surface area contributed by atoms with Crippen molar-refractivity contribution >= 4 is 5.91 Å². The van der Waals surface area contributed by atoms with E-state index < -0.39 is 0 Å². The van der Waals surface area contributed by atoms with Crippen LogP contribution in [-0.2, 0) is 11.3 Å². The molecular weight excluding hydrogens is 288 g/mol. The van der Waals surface area contributed by atoms with Crippen LogP contribution in [0.4, 0.5) is 0 Å². The summed E-state index contributed by atoms with van der Waals surface area (Å²) in [7, 11) is 0. The first-order valence-corrected chi connectivity index (χ1v) is 9.14. The van der Waals surface area contributed by atoms with Gasteiger partial charge in [0.2, 0.25) is 5.91 Å². The smallest absolute Gasteiger partial charge is 0.224 e. The number of aryl methyl sites for hydroxylation is 3. The van der Waals surface area contributed by atoms with Crippen molar-refractivity contribution in [2.24, 2.45) is 0 Å². The van der Waals surface area contributed by atoms with Crippen molar-refractivity contribution in [3.05, 3.63) is 17.5 Å². The van der Waals surface area contributed by atoms with Gasteiger partial charge in [0.25, 0.3) is 0 Å². The molecule has 0 N–H and O–H groups in total. The average molecular weight is 318 g/mol. The highest BCUT2D eigenvalue weighted by Crippen LogP contribution is 2.30. The Morgan fingerprint density at radius 3 is 2.65 bits per heavy atom. The van der Waals surface area contributed by atoms with Crippen LogP contribution >= 0.6 is 0 Å². The first-order valence-electron chi connectivity index (χ1n) is 9.14. The number of hydrogen-bond donors (Lipinski definition) is 0. The van der Waals surface area contributed by atoms with E-state index in [4.69, 9.17) is 0 Å². The molecule has 3 rings (SSSR count). The molecule has 2 atom stereocenters. The van der Waals surface area contributed by atoms with Crippen LogP contribution in [0.25, 0.3) is 0 Å². The van der Waals surface area contributed by atoms with Crippen molar-refractivity contribution in [2.45, 2.75) is 71.5 Å². The summed E-state index contributed by atoms with van der Waals surface area (Å²) in [4.78, 5) is 17.5. The highest BCUT2D eigenvalue weighted by molar-refractivity contribution is 5.76. The van der Waals surface area contributed by atoms with Crippen LogP contribution in [0, 0.1) is 13.8 Å². The zero-order chi connectivity index (χ0) is 16.4. The molecule has 128 valence electrons. The lowest BCUT2D eigenvalue weighted by atomic mass is 10.0. The van der Waals surface area contributed by atoms with Crippen LogP contribution in [0.5, 0.6) is 0 Å². The highest BCUT2D eigenvalue weighted by atomic mass is 16.2. The van der Waals surface area contributed by atoms with Gasteiger partial charge in [0, 0.05) is 37.3 Å². The van der Waals surface area contributed by atoms with Crippen LogP contribution in [0.1, 0.15) is 50.4 Å². The minimum atomic E-state index is 0.308. The number of amides is 1. The van der Waals surface area contributed by atoms with Crippen molar-refractivity contribution in [1.29, 1.82) is 0 Å². The minimum Gasteiger partial charge on any atom is -0.338 e. The van der Waals surface area contributed by atoms with E-state index in [9.17, 15) is 4.79 Å². The van der Waals surface area contributed by atoms with Crippen LogP contribution in [0.15, 0.2) is 6.07 Å². The van der Waals surface area contributed by atoms with Gasteiger partial charge < -0.3 is 4.90 Å². The maximum absolute atomic E-state index is 12.8. The molecule has 0 bridgehead atoms. The van der Waals surface area contributed by atoms with Crippen molar-refractivity contribution in [2.75, 3.05) is 19.6 Å². The summed E-state index contributed by atoms with van der Waals surface area (Å²) in [5, 5.41) is 4.47. The number of carbonyl (C=O) groups excluding carboxylic acids is 1. The van der Waals surface area contributed by atoms with Crippen LogP contribution in [-0.4, -0.2) is 57.2 Å². The normalized spacial score (nSPS) is 25.4. The van der Waals surface area contributed by atoms with Gasteiger partial charge in [-0.15, -0.1) is 0 Å². The molecule has 5 heteroatoms. The molecule has 1 amide bonds. The van der Waals surface area contributed by atoms with E-state index in [-0.39, 0.29) is 0 Å². The van der Waals surface area contributed by atoms with E-state index in [1.807, 2.05) is 11.6 Å². The van der Waals surface area contributed by atoms with Gasteiger partial charge in [0.1, 0.15) is 0 Å². The zero-order valence-corrected chi connectivity index (χ0v) is 14.8. The summed E-state index contributed by atoms with van der Waals surface area (Å²) >= 11 is 0. The lowest BCUT2D eigenvalue weighted by Gasteiger charge is -2.34. The Labute approximate surface area is 139 Å². The molecular formula is C18H30N4O. The second-order valence-corrected chi connectivity index (χ2v) is 7.04. The van der Waals surface area contributed by atoms with Gasteiger partial charge in [0.15, 0.2) is 0 Å². The van der Waals surface area contributed by atoms with Gasteiger partial charge in [0.05, 0.1) is 5.69 Å². The fourth-order valence-corrected chi connectivity index (χ4v) is 4.43. The van der Waals surface area contributed by atoms with Crippen LogP contribution in [0.3, 0.4) is 0 Å². The molecule has 0 aromatic carbocycles. The summed E-state index contributed by atoms with van der Waals surface area (Å²) in [6, 6.07) is 3.09. The van der Waals surface area contributed by atoms with Crippen molar-refractivity contribution in [1.82, 2.24) is 19.6 Å². The van der Waals surface area contributed by atoms with E-state index in [2.05, 4.69) is 34.8 Å². The summed E-state index contributed by atoms with van der Waals surface area (Å²) in [6.45, 7) is 10.2. The third-order valence-corrected chi connectivity index (χ3v) is 5.52. The number of aromatic nitrogens is 2. The number of nitrogens with zero attached hydrogens (tertiary/aromatic N) is 4. The van der Waals surface area contributed by atoms with Crippen LogP contribution in [0.2, 0.25) is 0 Å². The quantitative estimate of drug-likeness (QED) is 0.837. The molecule has 2 unspecified atom stereocenters. The van der Waals surface area contributed by atoms with E-state index in [1.165, 1.54) is 25.8 Å². The van der Waals surface area contributed by atoms with Gasteiger partial charge >= 0.3 is 0 Å². The molecule has 0 radical (unpaired) electrons. The molecule has 2 aliphatic heterocycles. The topological polar surface area (TPSA) is 41.4 Å². The second-order valence-electron chi connectivity index (χ2n) is 7.04. The van der Waals surface area contributed by atoms with Gasteiger partial charge in [-0.2, -0.15) is 5.10 Å². The molecule has 0 saturated carbocycles. The standard InChI is InChI=1S/C18H30N4O/c1-4-20-10-5-7-16(20)17-8-6-11-21(17)18(23)9-12-22-15(3)13-14(2)19-22/h13,16-17H,4-12H2,1-3H3. The number of likely N-dealkylation sites (N-methyl/N-ethyl adjacent to an activating group) is 1. The lowest BCUT2D eigenvalue weighted by Crippen LogP contribution is -2.48. The Bertz CT molecular complexity index is 553. The molecule has 5 nitrogen and oxygen atoms in total. The third-order valence-electron chi connectivity index (χ3n) is 5.52. The maximum Gasteiger partial charge on any atom is 0.224 e. The van der Waals surface area contributed by atoms with E-state index in [1.54, 1.807) is 0 Å². The Balaban J connectivity index is 1.60. The molecule has 0 spiro atoms. The van der Waals surface area contributed by atoms with Gasteiger partial charge in [-0.25, -0.2) is 0 Å². The van der Waals surface area contributed by atoms with E-state index in [0.717, 1.165) is 30.9 Å². The molecule has 2 saturated heterocycles. The summed E-state index contributed by atoms with van der Waals surface area (Å²) in [6.07, 6.45) is 5.43. The molecule has 1 aromatic rings. The van der Waals surface area contributed by atoms with Gasteiger partial charge in [-0.05, 0) is 58.7 Å². The number of hydrogen-bond acceptors (Lipinski definition) is 3. The fourth-order valence-electron chi connectivity index (χ4n) is 4.43. The van der Waals surface area contributed by atoms with E-state index in [0.29, 0.717) is 31.0 Å². The summed E-state index contributed by atoms with van der Waals surface area (Å²) in [5.41, 5.74) is 2.17. The average Bonchev–Trinajstić information content (AvgIpc) is 3.23. The zero-order valence-electron chi connectivity index (χ0n) is 14.8. The lowest BCUT2D eigenvalue weighted by molar-refractivity contribution is -0.133. The summed E-state index contributed by atoms with van der Waals surface area (Å²) in [5.74, 6) is 0.308. The number of likely N-dealkylation sites (tertiary alicyclic amines) is 2. The second kappa shape index (κ2) is 7.04. The first-order chi connectivity index (χ1) is 11.1. The van der Waals surface area contributed by atoms with E-state index >= 15 is 0 Å². The van der Waals surface area contributed by atoms with Crippen molar-refractivity contribution in [3.8, 4) is 0 Å². The van der Waals surface area contributed by atoms with Crippen molar-refractivity contribution < 1.29 is 4.79 Å². The van der Waals surface area contributed by atoms with Gasteiger partial charge in [-0.3, -0.25) is 14.4 Å². The Hall–Kier alpha value is -1.36. The third kappa shape index (κ3) is 3.44. The first kappa shape index (κ1) is 16.5. The molecule has 23 heavy (non-hydrogen) atoms. The molecule has 0 aliphatic carbocycles.